The van der Waals surface area contributed by atoms with Crippen molar-refractivity contribution in [3.05, 3.63) is 65.4 Å². The molecule has 2 aromatic heterocycles. The number of rotatable bonds is 6. The Morgan fingerprint density at radius 1 is 1.32 bits per heavy atom. The van der Waals surface area contributed by atoms with E-state index in [1.807, 2.05) is 25.1 Å². The summed E-state index contributed by atoms with van der Waals surface area (Å²) >= 11 is 0. The van der Waals surface area contributed by atoms with E-state index in [1.165, 1.54) is 12.1 Å². The summed E-state index contributed by atoms with van der Waals surface area (Å²) in [6.45, 7) is 3.07. The molecule has 6 heteroatoms. The summed E-state index contributed by atoms with van der Waals surface area (Å²) in [5.74, 6) is -0.491. The number of benzene rings is 1. The van der Waals surface area contributed by atoms with Gasteiger partial charge < -0.3 is 14.6 Å². The van der Waals surface area contributed by atoms with Crippen LogP contribution in [0.25, 0.3) is 10.9 Å². The summed E-state index contributed by atoms with van der Waals surface area (Å²) in [4.78, 5) is 21.9. The number of hydrogen-bond donors (Lipinski definition) is 1. The number of nitrogens with zero attached hydrogens (tertiary/aromatic N) is 2. The second-order valence-corrected chi connectivity index (χ2v) is 5.91. The molecule has 0 unspecified atom stereocenters. The maximum atomic E-state index is 13.6. The van der Waals surface area contributed by atoms with E-state index in [4.69, 9.17) is 4.74 Å². The minimum absolute atomic E-state index is 0.168. The van der Waals surface area contributed by atoms with Crippen LogP contribution in [0.1, 0.15) is 21.7 Å². The normalized spacial score (nSPS) is 11.0. The summed E-state index contributed by atoms with van der Waals surface area (Å²) in [6.07, 6.45) is 1.70. The second-order valence-electron chi connectivity index (χ2n) is 5.91. The minimum Gasteiger partial charge on any atom is -0.383 e. The van der Waals surface area contributed by atoms with Gasteiger partial charge in [0, 0.05) is 30.8 Å². The molecule has 0 saturated carbocycles. The van der Waals surface area contributed by atoms with E-state index in [0.29, 0.717) is 30.9 Å². The number of aryl methyl sites for hydroxylation is 1. The number of ether oxygens (including phenoxy) is 1. The average molecular weight is 341 g/mol. The molecule has 1 aromatic carbocycles. The molecule has 0 aliphatic carbocycles. The lowest BCUT2D eigenvalue weighted by molar-refractivity contribution is 0.0673. The Morgan fingerprint density at radius 3 is 2.88 bits per heavy atom. The van der Waals surface area contributed by atoms with Crippen LogP contribution in [-0.2, 0) is 11.3 Å². The molecule has 0 fully saturated rings. The Hall–Kier alpha value is -2.73. The topological polar surface area (TPSA) is 58.2 Å². The third kappa shape index (κ3) is 3.85. The first kappa shape index (κ1) is 17.1. The van der Waals surface area contributed by atoms with Gasteiger partial charge in [0.2, 0.25) is 0 Å². The fraction of sp³-hybridized carbons (Fsp3) is 0.263. The van der Waals surface area contributed by atoms with Crippen LogP contribution in [0.5, 0.6) is 0 Å². The molecule has 2 heterocycles. The standard InChI is InChI=1S/C19H20FN3O2/c1-13-9-14(20)10-17-16(13)11-18(22-17)19(24)23(7-8-25-2)12-15-5-3-4-6-21-15/h3-6,9-11,22H,7-8,12H2,1-2H3. The lowest BCUT2D eigenvalue weighted by Gasteiger charge is -2.21. The van der Waals surface area contributed by atoms with Crippen molar-refractivity contribution < 1.29 is 13.9 Å². The number of aromatic amines is 1. The summed E-state index contributed by atoms with van der Waals surface area (Å²) < 4.78 is 18.7. The van der Waals surface area contributed by atoms with Crippen molar-refractivity contribution in [2.45, 2.75) is 13.5 Å². The summed E-state index contributed by atoms with van der Waals surface area (Å²) in [7, 11) is 1.60. The SMILES string of the molecule is COCCN(Cc1ccccn1)C(=O)c1cc2c(C)cc(F)cc2[nH]1. The summed E-state index contributed by atoms with van der Waals surface area (Å²) in [5.41, 5.74) is 2.63. The van der Waals surface area contributed by atoms with Gasteiger partial charge in [0.15, 0.2) is 0 Å². The number of pyridine rings is 1. The number of hydrogen-bond acceptors (Lipinski definition) is 3. The smallest absolute Gasteiger partial charge is 0.270 e. The highest BCUT2D eigenvalue weighted by molar-refractivity contribution is 5.98. The van der Waals surface area contributed by atoms with Crippen LogP contribution >= 0.6 is 0 Å². The Balaban J connectivity index is 1.90. The maximum Gasteiger partial charge on any atom is 0.270 e. The van der Waals surface area contributed by atoms with E-state index in [9.17, 15) is 9.18 Å². The number of amides is 1. The third-order valence-corrected chi connectivity index (χ3v) is 4.07. The van der Waals surface area contributed by atoms with E-state index in [2.05, 4.69) is 9.97 Å². The number of aromatic nitrogens is 2. The monoisotopic (exact) mass is 341 g/mol. The van der Waals surface area contributed by atoms with Gasteiger partial charge in [0.25, 0.3) is 5.91 Å². The fourth-order valence-corrected chi connectivity index (χ4v) is 2.80. The number of methoxy groups -OCH3 is 1. The van der Waals surface area contributed by atoms with Crippen molar-refractivity contribution in [2.24, 2.45) is 0 Å². The molecule has 3 aromatic rings. The van der Waals surface area contributed by atoms with Crippen molar-refractivity contribution in [3.63, 3.8) is 0 Å². The van der Waals surface area contributed by atoms with Crippen molar-refractivity contribution in [1.82, 2.24) is 14.9 Å². The lowest BCUT2D eigenvalue weighted by atomic mass is 10.1. The number of fused-ring (bicyclic) bond motifs is 1. The van der Waals surface area contributed by atoms with Gasteiger partial charge in [-0.05, 0) is 42.8 Å². The lowest BCUT2D eigenvalue weighted by Crippen LogP contribution is -2.34. The van der Waals surface area contributed by atoms with E-state index in [0.717, 1.165) is 16.6 Å². The van der Waals surface area contributed by atoms with Gasteiger partial charge in [-0.15, -0.1) is 0 Å². The van der Waals surface area contributed by atoms with E-state index in [1.54, 1.807) is 24.3 Å². The number of nitrogens with one attached hydrogen (secondary N) is 1. The first-order valence-corrected chi connectivity index (χ1v) is 8.05. The zero-order valence-electron chi connectivity index (χ0n) is 14.3. The van der Waals surface area contributed by atoms with Crippen LogP contribution in [0.2, 0.25) is 0 Å². The van der Waals surface area contributed by atoms with Gasteiger partial charge in [-0.25, -0.2) is 4.39 Å². The Kier molecular flexibility index (Phi) is 5.09. The summed E-state index contributed by atoms with van der Waals surface area (Å²) in [5, 5.41) is 0.842. The predicted molar refractivity (Wildman–Crippen MR) is 93.8 cm³/mol. The number of carbonyl (C=O) groups is 1. The third-order valence-electron chi connectivity index (χ3n) is 4.07. The Morgan fingerprint density at radius 2 is 2.16 bits per heavy atom. The minimum atomic E-state index is -0.324. The van der Waals surface area contributed by atoms with Crippen molar-refractivity contribution in [1.29, 1.82) is 0 Å². The zero-order chi connectivity index (χ0) is 17.8. The van der Waals surface area contributed by atoms with Crippen LogP contribution in [0.3, 0.4) is 0 Å². The number of carbonyl (C=O) groups excluding carboxylic acids is 1. The molecule has 0 aliphatic rings. The molecule has 1 N–H and O–H groups in total. The highest BCUT2D eigenvalue weighted by Crippen LogP contribution is 2.22. The van der Waals surface area contributed by atoms with Crippen molar-refractivity contribution in [3.8, 4) is 0 Å². The van der Waals surface area contributed by atoms with E-state index in [-0.39, 0.29) is 11.7 Å². The molecule has 5 nitrogen and oxygen atoms in total. The molecule has 0 saturated heterocycles. The van der Waals surface area contributed by atoms with Crippen molar-refractivity contribution >= 4 is 16.8 Å². The molecule has 1 amide bonds. The number of halogens is 1. The Labute approximate surface area is 145 Å². The van der Waals surface area contributed by atoms with E-state index >= 15 is 0 Å². The van der Waals surface area contributed by atoms with Crippen LogP contribution in [0.15, 0.2) is 42.6 Å². The van der Waals surface area contributed by atoms with Gasteiger partial charge in [0.05, 0.1) is 18.8 Å². The van der Waals surface area contributed by atoms with Crippen LogP contribution < -0.4 is 0 Å². The largest absolute Gasteiger partial charge is 0.383 e. The fourth-order valence-electron chi connectivity index (χ4n) is 2.80. The molecule has 0 bridgehead atoms. The highest BCUT2D eigenvalue weighted by Gasteiger charge is 2.19. The van der Waals surface area contributed by atoms with Gasteiger partial charge in [-0.1, -0.05) is 6.07 Å². The van der Waals surface area contributed by atoms with E-state index < -0.39 is 0 Å². The summed E-state index contributed by atoms with van der Waals surface area (Å²) in [6, 6.07) is 10.2. The number of H-pyrrole nitrogens is 1. The first-order chi connectivity index (χ1) is 12.1. The molecule has 0 spiro atoms. The Bertz CT molecular complexity index is 877. The molecule has 0 radical (unpaired) electrons. The molecule has 3 rings (SSSR count). The molecule has 0 aliphatic heterocycles. The molecule has 0 atom stereocenters. The van der Waals surface area contributed by atoms with Crippen LogP contribution in [0.4, 0.5) is 4.39 Å². The molecule has 25 heavy (non-hydrogen) atoms. The van der Waals surface area contributed by atoms with Gasteiger partial charge in [-0.3, -0.25) is 9.78 Å². The maximum absolute atomic E-state index is 13.6. The van der Waals surface area contributed by atoms with Gasteiger partial charge >= 0.3 is 0 Å². The highest BCUT2D eigenvalue weighted by atomic mass is 19.1. The average Bonchev–Trinajstić information content (AvgIpc) is 3.03. The van der Waals surface area contributed by atoms with Crippen LogP contribution in [0, 0.1) is 12.7 Å². The van der Waals surface area contributed by atoms with Crippen LogP contribution in [-0.4, -0.2) is 41.0 Å². The molecular formula is C19H20FN3O2. The second kappa shape index (κ2) is 7.44. The molecular weight excluding hydrogens is 321 g/mol. The van der Waals surface area contributed by atoms with Gasteiger partial charge in [0.1, 0.15) is 11.5 Å². The first-order valence-electron chi connectivity index (χ1n) is 8.05. The molecule has 130 valence electrons. The predicted octanol–water partition coefficient (Wildman–Crippen LogP) is 3.30. The van der Waals surface area contributed by atoms with Gasteiger partial charge in [-0.2, -0.15) is 0 Å². The van der Waals surface area contributed by atoms with Crippen molar-refractivity contribution in [2.75, 3.05) is 20.3 Å². The zero-order valence-corrected chi connectivity index (χ0v) is 14.3. The quantitative estimate of drug-likeness (QED) is 0.748.